The minimum Gasteiger partial charge on any atom is -0.319 e. The topological polar surface area (TPSA) is 40.7 Å². The summed E-state index contributed by atoms with van der Waals surface area (Å²) in [7, 11) is 1.99. The van der Waals surface area contributed by atoms with Crippen molar-refractivity contribution in [3.63, 3.8) is 0 Å². The first-order valence-corrected chi connectivity index (χ1v) is 4.80. The highest BCUT2D eigenvalue weighted by molar-refractivity contribution is 5.23. The third kappa shape index (κ3) is 2.56. The number of aromatic nitrogens is 2. The van der Waals surface area contributed by atoms with Crippen molar-refractivity contribution < 1.29 is 0 Å². The van der Waals surface area contributed by atoms with Gasteiger partial charge in [-0.1, -0.05) is 6.92 Å². The smallest absolute Gasteiger partial charge is 0.0626 e. The third-order valence-electron chi connectivity index (χ3n) is 2.39. The molecule has 1 unspecified atom stereocenters. The Morgan fingerprint density at radius 2 is 2.15 bits per heavy atom. The molecule has 0 aliphatic heterocycles. The van der Waals surface area contributed by atoms with Crippen LogP contribution in [0.5, 0.6) is 0 Å². The zero-order chi connectivity index (χ0) is 9.84. The Balaban J connectivity index is 2.62. The number of aromatic amines is 1. The maximum Gasteiger partial charge on any atom is 0.0626 e. The summed E-state index contributed by atoms with van der Waals surface area (Å²) in [5.74, 6) is 0.667. The Bertz CT molecular complexity index is 246. The van der Waals surface area contributed by atoms with E-state index in [2.05, 4.69) is 36.3 Å². The number of nitrogens with zero attached hydrogens (tertiary/aromatic N) is 1. The molecule has 0 aliphatic rings. The molecule has 1 aromatic rings. The van der Waals surface area contributed by atoms with Crippen LogP contribution in [-0.2, 0) is 6.42 Å². The van der Waals surface area contributed by atoms with Crippen molar-refractivity contribution in [3.05, 3.63) is 17.0 Å². The lowest BCUT2D eigenvalue weighted by Gasteiger charge is -2.10. The van der Waals surface area contributed by atoms with Gasteiger partial charge in [0.05, 0.1) is 5.69 Å². The lowest BCUT2D eigenvalue weighted by molar-refractivity contribution is 0.539. The minimum absolute atomic E-state index is 0.667. The van der Waals surface area contributed by atoms with E-state index in [9.17, 15) is 0 Å². The lowest BCUT2D eigenvalue weighted by atomic mass is 10.00. The van der Waals surface area contributed by atoms with Crippen molar-refractivity contribution in [1.82, 2.24) is 15.5 Å². The summed E-state index contributed by atoms with van der Waals surface area (Å²) in [5.41, 5.74) is 3.73. The van der Waals surface area contributed by atoms with Gasteiger partial charge in [-0.15, -0.1) is 0 Å². The number of hydrogen-bond donors (Lipinski definition) is 2. The summed E-state index contributed by atoms with van der Waals surface area (Å²) < 4.78 is 0. The van der Waals surface area contributed by atoms with E-state index in [0.717, 1.165) is 18.7 Å². The van der Waals surface area contributed by atoms with Gasteiger partial charge < -0.3 is 5.32 Å². The molecule has 1 rings (SSSR count). The van der Waals surface area contributed by atoms with Crippen molar-refractivity contribution in [2.75, 3.05) is 13.6 Å². The van der Waals surface area contributed by atoms with Crippen molar-refractivity contribution in [2.45, 2.75) is 27.2 Å². The molecule has 0 aliphatic carbocycles. The molecule has 1 atom stereocenters. The van der Waals surface area contributed by atoms with Crippen LogP contribution in [0.4, 0.5) is 0 Å². The average molecular weight is 181 g/mol. The number of hydrogen-bond acceptors (Lipinski definition) is 2. The van der Waals surface area contributed by atoms with E-state index < -0.39 is 0 Å². The second-order valence-corrected chi connectivity index (χ2v) is 3.78. The molecule has 0 bridgehead atoms. The van der Waals surface area contributed by atoms with Gasteiger partial charge in [-0.25, -0.2) is 0 Å². The molecule has 3 heteroatoms. The monoisotopic (exact) mass is 181 g/mol. The molecule has 0 aromatic carbocycles. The first-order chi connectivity index (χ1) is 6.15. The second kappa shape index (κ2) is 4.42. The van der Waals surface area contributed by atoms with E-state index >= 15 is 0 Å². The Labute approximate surface area is 79.9 Å². The van der Waals surface area contributed by atoms with Gasteiger partial charge in [0, 0.05) is 5.69 Å². The van der Waals surface area contributed by atoms with Crippen molar-refractivity contribution in [1.29, 1.82) is 0 Å². The Morgan fingerprint density at radius 3 is 2.62 bits per heavy atom. The molecule has 3 nitrogen and oxygen atoms in total. The van der Waals surface area contributed by atoms with E-state index in [1.807, 2.05) is 7.05 Å². The van der Waals surface area contributed by atoms with Gasteiger partial charge in [-0.05, 0) is 45.3 Å². The molecule has 13 heavy (non-hydrogen) atoms. The predicted octanol–water partition coefficient (Wildman–Crippen LogP) is 1.42. The fourth-order valence-corrected chi connectivity index (χ4v) is 1.64. The molecule has 2 N–H and O–H groups in total. The summed E-state index contributed by atoms with van der Waals surface area (Å²) >= 11 is 0. The van der Waals surface area contributed by atoms with Gasteiger partial charge in [-0.2, -0.15) is 5.10 Å². The van der Waals surface area contributed by atoms with Gasteiger partial charge in [0.1, 0.15) is 0 Å². The highest BCUT2D eigenvalue weighted by Crippen LogP contribution is 2.14. The largest absolute Gasteiger partial charge is 0.319 e. The van der Waals surface area contributed by atoms with Crippen LogP contribution in [-0.4, -0.2) is 23.8 Å². The molecule has 74 valence electrons. The van der Waals surface area contributed by atoms with Crippen LogP contribution in [0.25, 0.3) is 0 Å². The van der Waals surface area contributed by atoms with E-state index in [0.29, 0.717) is 5.92 Å². The minimum atomic E-state index is 0.667. The summed E-state index contributed by atoms with van der Waals surface area (Å²) in [6, 6.07) is 0. The molecule has 1 heterocycles. The molecule has 1 aromatic heterocycles. The highest BCUT2D eigenvalue weighted by atomic mass is 15.1. The lowest BCUT2D eigenvalue weighted by Crippen LogP contribution is -2.18. The van der Waals surface area contributed by atoms with Crippen LogP contribution < -0.4 is 5.32 Å². The van der Waals surface area contributed by atoms with Crippen LogP contribution in [0.3, 0.4) is 0 Å². The Morgan fingerprint density at radius 1 is 1.46 bits per heavy atom. The number of aryl methyl sites for hydroxylation is 2. The maximum atomic E-state index is 4.18. The van der Waals surface area contributed by atoms with Crippen LogP contribution in [0.15, 0.2) is 0 Å². The number of rotatable bonds is 4. The predicted molar refractivity (Wildman–Crippen MR) is 54.9 cm³/mol. The molecule has 0 spiro atoms. The zero-order valence-corrected chi connectivity index (χ0v) is 8.94. The first kappa shape index (κ1) is 10.3. The third-order valence-corrected chi connectivity index (χ3v) is 2.39. The van der Waals surface area contributed by atoms with E-state index in [-0.39, 0.29) is 0 Å². The Kier molecular flexibility index (Phi) is 3.48. The van der Waals surface area contributed by atoms with E-state index in [1.54, 1.807) is 0 Å². The highest BCUT2D eigenvalue weighted by Gasteiger charge is 2.09. The number of nitrogens with one attached hydrogen (secondary N) is 2. The van der Waals surface area contributed by atoms with E-state index in [4.69, 9.17) is 0 Å². The van der Waals surface area contributed by atoms with Crippen molar-refractivity contribution in [2.24, 2.45) is 5.92 Å². The van der Waals surface area contributed by atoms with Gasteiger partial charge in [0.2, 0.25) is 0 Å². The standard InChI is InChI=1S/C10H19N3/c1-7(6-11-4)5-10-8(2)12-13-9(10)3/h7,11H,5-6H2,1-4H3,(H,12,13). The van der Waals surface area contributed by atoms with Gasteiger partial charge in [0.25, 0.3) is 0 Å². The summed E-state index contributed by atoms with van der Waals surface area (Å²) in [4.78, 5) is 0. The second-order valence-electron chi connectivity index (χ2n) is 3.78. The van der Waals surface area contributed by atoms with Crippen LogP contribution in [0.2, 0.25) is 0 Å². The van der Waals surface area contributed by atoms with Gasteiger partial charge in [0.15, 0.2) is 0 Å². The molecule has 0 radical (unpaired) electrons. The molecule has 0 fully saturated rings. The number of H-pyrrole nitrogens is 1. The average Bonchev–Trinajstić information content (AvgIpc) is 2.36. The normalized spacial score (nSPS) is 13.2. The van der Waals surface area contributed by atoms with Crippen molar-refractivity contribution in [3.8, 4) is 0 Å². The fourth-order valence-electron chi connectivity index (χ4n) is 1.64. The van der Waals surface area contributed by atoms with E-state index in [1.165, 1.54) is 11.3 Å². The maximum absolute atomic E-state index is 4.18. The van der Waals surface area contributed by atoms with Crippen molar-refractivity contribution >= 4 is 0 Å². The van der Waals surface area contributed by atoms with Gasteiger partial charge >= 0.3 is 0 Å². The quantitative estimate of drug-likeness (QED) is 0.737. The summed E-state index contributed by atoms with van der Waals surface area (Å²) in [5, 5.41) is 10.4. The molecular formula is C10H19N3. The molecule has 0 amide bonds. The first-order valence-electron chi connectivity index (χ1n) is 4.80. The van der Waals surface area contributed by atoms with Crippen LogP contribution in [0, 0.1) is 19.8 Å². The SMILES string of the molecule is CNCC(C)Cc1c(C)n[nH]c1C. The summed E-state index contributed by atoms with van der Waals surface area (Å²) in [6.07, 6.45) is 1.11. The van der Waals surface area contributed by atoms with Crippen LogP contribution >= 0.6 is 0 Å². The molecule has 0 saturated carbocycles. The Hall–Kier alpha value is -0.830. The van der Waals surface area contributed by atoms with Crippen LogP contribution in [0.1, 0.15) is 23.9 Å². The summed E-state index contributed by atoms with van der Waals surface area (Å²) in [6.45, 7) is 7.46. The molecular weight excluding hydrogens is 162 g/mol. The zero-order valence-electron chi connectivity index (χ0n) is 8.94. The fraction of sp³-hybridized carbons (Fsp3) is 0.700. The van der Waals surface area contributed by atoms with Gasteiger partial charge in [-0.3, -0.25) is 5.10 Å². The molecule has 0 saturated heterocycles.